The van der Waals surface area contributed by atoms with Crippen LogP contribution in [0, 0.1) is 11.6 Å². The van der Waals surface area contributed by atoms with Gasteiger partial charge >= 0.3 is 0 Å². The molecule has 1 aliphatic rings. The Bertz CT molecular complexity index is 917. The van der Waals surface area contributed by atoms with Crippen LogP contribution in [0.1, 0.15) is 11.7 Å². The van der Waals surface area contributed by atoms with Crippen molar-refractivity contribution < 1.29 is 18.3 Å². The van der Waals surface area contributed by atoms with Gasteiger partial charge < -0.3 is 14.4 Å². The molecule has 0 aliphatic carbocycles. The van der Waals surface area contributed by atoms with Crippen molar-refractivity contribution in [1.82, 2.24) is 19.6 Å². The Balaban J connectivity index is 1.69. The second kappa shape index (κ2) is 6.25. The van der Waals surface area contributed by atoms with Crippen molar-refractivity contribution in [2.75, 3.05) is 31.7 Å². The molecule has 1 fully saturated rings. The molecule has 1 aromatic carbocycles. The molecule has 4 rings (SSSR count). The number of rotatable bonds is 3. The van der Waals surface area contributed by atoms with Crippen LogP contribution in [0.4, 0.5) is 14.6 Å². The van der Waals surface area contributed by atoms with Crippen LogP contribution >= 0.6 is 0 Å². The summed E-state index contributed by atoms with van der Waals surface area (Å²) in [5, 5.41) is 7.85. The van der Waals surface area contributed by atoms with E-state index in [0.717, 1.165) is 18.0 Å². The summed E-state index contributed by atoms with van der Waals surface area (Å²) in [6.07, 6.45) is 4.29. The molecule has 1 atom stereocenters. The summed E-state index contributed by atoms with van der Waals surface area (Å²) >= 11 is 0. The Morgan fingerprint density at radius 3 is 3.00 bits per heavy atom. The summed E-state index contributed by atoms with van der Waals surface area (Å²) in [6.45, 7) is 1.33. The largest absolute Gasteiger partial charge is 0.496 e. The minimum Gasteiger partial charge on any atom is -0.496 e. The van der Waals surface area contributed by atoms with Crippen molar-refractivity contribution in [3.63, 3.8) is 0 Å². The first kappa shape index (κ1) is 15.7. The van der Waals surface area contributed by atoms with Gasteiger partial charge in [0.25, 0.3) is 0 Å². The highest BCUT2D eigenvalue weighted by Crippen LogP contribution is 2.34. The normalized spacial score (nSPS) is 17.9. The van der Waals surface area contributed by atoms with Gasteiger partial charge in [-0.3, -0.25) is 9.38 Å². The van der Waals surface area contributed by atoms with Crippen molar-refractivity contribution in [2.45, 2.75) is 6.10 Å². The zero-order chi connectivity index (χ0) is 17.4. The van der Waals surface area contributed by atoms with Crippen LogP contribution in [0.3, 0.4) is 0 Å². The molecule has 3 aromatic rings. The number of morpholine rings is 1. The third kappa shape index (κ3) is 2.76. The number of hydrogen-bond donors (Lipinski definition) is 0. The van der Waals surface area contributed by atoms with E-state index in [0.29, 0.717) is 25.3 Å². The summed E-state index contributed by atoms with van der Waals surface area (Å²) in [4.78, 5) is 6.17. The molecule has 0 bridgehead atoms. The highest BCUT2D eigenvalue weighted by molar-refractivity contribution is 5.48. The zero-order valence-corrected chi connectivity index (χ0v) is 13.4. The fraction of sp³-hybridized carbons (Fsp3) is 0.312. The van der Waals surface area contributed by atoms with Gasteiger partial charge in [0.05, 0.1) is 38.2 Å². The third-order valence-electron chi connectivity index (χ3n) is 4.19. The highest BCUT2D eigenvalue weighted by Gasteiger charge is 2.29. The average molecular weight is 347 g/mol. The predicted octanol–water partition coefficient (Wildman–Crippen LogP) is 1.99. The van der Waals surface area contributed by atoms with Crippen LogP contribution in [-0.4, -0.2) is 46.4 Å². The molecule has 2 aromatic heterocycles. The van der Waals surface area contributed by atoms with Gasteiger partial charge in [0.1, 0.15) is 35.6 Å². The Kier molecular flexibility index (Phi) is 3.92. The van der Waals surface area contributed by atoms with Crippen molar-refractivity contribution in [3.8, 4) is 5.75 Å². The first-order valence-corrected chi connectivity index (χ1v) is 7.70. The Hall–Kier alpha value is -2.81. The van der Waals surface area contributed by atoms with E-state index in [1.165, 1.54) is 7.11 Å². The second-order valence-electron chi connectivity index (χ2n) is 5.63. The number of methoxy groups -OCH3 is 1. The van der Waals surface area contributed by atoms with Crippen molar-refractivity contribution >= 4 is 11.5 Å². The molecular formula is C16H15F2N5O2. The topological polar surface area (TPSA) is 64.8 Å². The van der Waals surface area contributed by atoms with Crippen LogP contribution in [0.25, 0.3) is 5.65 Å². The quantitative estimate of drug-likeness (QED) is 0.722. The first-order chi connectivity index (χ1) is 12.2. The van der Waals surface area contributed by atoms with Crippen molar-refractivity contribution in [1.29, 1.82) is 0 Å². The summed E-state index contributed by atoms with van der Waals surface area (Å²) in [5.74, 6) is -0.476. The van der Waals surface area contributed by atoms with E-state index in [4.69, 9.17) is 9.47 Å². The van der Waals surface area contributed by atoms with Crippen molar-refractivity contribution in [3.05, 3.63) is 48.1 Å². The van der Waals surface area contributed by atoms with Crippen molar-refractivity contribution in [2.24, 2.45) is 0 Å². The van der Waals surface area contributed by atoms with E-state index in [-0.39, 0.29) is 11.3 Å². The van der Waals surface area contributed by atoms with E-state index < -0.39 is 17.7 Å². The summed E-state index contributed by atoms with van der Waals surface area (Å²) in [5.41, 5.74) is 0.823. The Labute approximate surface area is 141 Å². The van der Waals surface area contributed by atoms with Gasteiger partial charge in [0, 0.05) is 18.7 Å². The van der Waals surface area contributed by atoms with Gasteiger partial charge in [-0.1, -0.05) is 0 Å². The number of aromatic nitrogens is 4. The number of benzene rings is 1. The summed E-state index contributed by atoms with van der Waals surface area (Å²) in [6, 6.07) is 1.99. The Morgan fingerprint density at radius 1 is 1.28 bits per heavy atom. The maximum atomic E-state index is 14.4. The maximum Gasteiger partial charge on any atom is 0.180 e. The number of anilines is 1. The fourth-order valence-electron chi connectivity index (χ4n) is 3.05. The number of fused-ring (bicyclic) bond motifs is 1. The molecule has 0 saturated carbocycles. The third-order valence-corrected chi connectivity index (χ3v) is 4.19. The van der Waals surface area contributed by atoms with E-state index in [9.17, 15) is 8.78 Å². The lowest BCUT2D eigenvalue weighted by molar-refractivity contribution is 0.0354. The van der Waals surface area contributed by atoms with E-state index >= 15 is 0 Å². The standard InChI is InChI=1S/C16H15F2N5O2/c1-24-12-5-10(17)4-11(18)16(12)13-8-22(2-3-25-13)15-7-19-6-14-21-20-9-23(14)15/h4-7,9,13H,2-3,8H2,1H3. The van der Waals surface area contributed by atoms with Crippen LogP contribution in [0.15, 0.2) is 30.9 Å². The van der Waals surface area contributed by atoms with E-state index in [1.54, 1.807) is 23.1 Å². The molecule has 0 radical (unpaired) electrons. The number of nitrogens with zero attached hydrogens (tertiary/aromatic N) is 5. The predicted molar refractivity (Wildman–Crippen MR) is 84.6 cm³/mol. The first-order valence-electron chi connectivity index (χ1n) is 7.70. The van der Waals surface area contributed by atoms with E-state index in [1.807, 2.05) is 4.90 Å². The lowest BCUT2D eigenvalue weighted by Gasteiger charge is -2.35. The van der Waals surface area contributed by atoms with E-state index in [2.05, 4.69) is 15.2 Å². The molecule has 0 N–H and O–H groups in total. The number of halogens is 2. The second-order valence-corrected chi connectivity index (χ2v) is 5.63. The van der Waals surface area contributed by atoms with Crippen LogP contribution in [-0.2, 0) is 4.74 Å². The Morgan fingerprint density at radius 2 is 2.16 bits per heavy atom. The minimum atomic E-state index is -0.691. The van der Waals surface area contributed by atoms with Gasteiger partial charge in [-0.25, -0.2) is 8.78 Å². The molecule has 1 unspecified atom stereocenters. The molecule has 9 heteroatoms. The number of hydrogen-bond acceptors (Lipinski definition) is 6. The smallest absolute Gasteiger partial charge is 0.180 e. The van der Waals surface area contributed by atoms with Crippen LogP contribution < -0.4 is 9.64 Å². The monoisotopic (exact) mass is 347 g/mol. The molecule has 7 nitrogen and oxygen atoms in total. The van der Waals surface area contributed by atoms with Gasteiger partial charge in [-0.2, -0.15) is 0 Å². The maximum absolute atomic E-state index is 14.4. The van der Waals surface area contributed by atoms with Gasteiger partial charge in [-0.15, -0.1) is 10.2 Å². The highest BCUT2D eigenvalue weighted by atomic mass is 19.1. The van der Waals surface area contributed by atoms with Gasteiger partial charge in [0.15, 0.2) is 5.65 Å². The fourth-order valence-corrected chi connectivity index (χ4v) is 3.05. The minimum absolute atomic E-state index is 0.130. The van der Waals surface area contributed by atoms with Crippen LogP contribution in [0.5, 0.6) is 5.75 Å². The molecule has 0 spiro atoms. The molecule has 0 amide bonds. The molecule has 3 heterocycles. The SMILES string of the molecule is COc1cc(F)cc(F)c1C1CN(c2cncc3nncn23)CCO1. The molecule has 1 aliphatic heterocycles. The molecule has 25 heavy (non-hydrogen) atoms. The summed E-state index contributed by atoms with van der Waals surface area (Å²) in [7, 11) is 1.38. The lowest BCUT2D eigenvalue weighted by atomic mass is 10.1. The lowest BCUT2D eigenvalue weighted by Crippen LogP contribution is -2.39. The molecule has 1 saturated heterocycles. The molecular weight excluding hydrogens is 332 g/mol. The number of ether oxygens (including phenoxy) is 2. The average Bonchev–Trinajstić information content (AvgIpc) is 3.09. The zero-order valence-electron chi connectivity index (χ0n) is 13.4. The molecule has 130 valence electrons. The van der Waals surface area contributed by atoms with Gasteiger partial charge in [-0.05, 0) is 0 Å². The van der Waals surface area contributed by atoms with Crippen LogP contribution in [0.2, 0.25) is 0 Å². The summed E-state index contributed by atoms with van der Waals surface area (Å²) < 4.78 is 40.5. The van der Waals surface area contributed by atoms with Gasteiger partial charge in [0.2, 0.25) is 0 Å².